The van der Waals surface area contributed by atoms with Gasteiger partial charge in [0.25, 0.3) is 0 Å². The number of nitrogens with one attached hydrogen (secondary N) is 1. The molecule has 0 bridgehead atoms. The second-order valence-electron chi connectivity index (χ2n) is 10.3. The maximum atomic E-state index is 12.6. The Morgan fingerprint density at radius 3 is 2.57 bits per heavy atom. The van der Waals surface area contributed by atoms with E-state index >= 15 is 0 Å². The second-order valence-corrected chi connectivity index (χ2v) is 11.4. The summed E-state index contributed by atoms with van der Waals surface area (Å²) in [6, 6.07) is 21.3. The first-order valence-electron chi connectivity index (χ1n) is 14.4. The molecule has 4 aromatic rings. The van der Waals surface area contributed by atoms with Gasteiger partial charge in [-0.05, 0) is 66.6 Å². The highest BCUT2D eigenvalue weighted by Crippen LogP contribution is 2.29. The van der Waals surface area contributed by atoms with E-state index in [1.54, 1.807) is 11.8 Å². The fourth-order valence-corrected chi connectivity index (χ4v) is 5.92. The first kappa shape index (κ1) is 31.1. The van der Waals surface area contributed by atoms with Crippen LogP contribution >= 0.6 is 11.8 Å². The minimum Gasteiger partial charge on any atom is -0.406 e. The van der Waals surface area contributed by atoms with Gasteiger partial charge in [-0.1, -0.05) is 68.1 Å². The predicted octanol–water partition coefficient (Wildman–Crippen LogP) is 7.60. The SMILES string of the molecule is CCc1ccccc1N1CCSC1=NC(=O)NCCCC(C)c1ccc(-c2ncn(-c3ccc(OC(F)(F)F)cc3)n2)cc1. The number of thioether (sulfide) groups is 1. The molecule has 0 radical (unpaired) electrons. The van der Waals surface area contributed by atoms with Gasteiger partial charge < -0.3 is 15.0 Å². The number of amidine groups is 1. The summed E-state index contributed by atoms with van der Waals surface area (Å²) in [4.78, 5) is 23.4. The molecule has 3 aromatic carbocycles. The summed E-state index contributed by atoms with van der Waals surface area (Å²) in [5, 5.41) is 8.14. The van der Waals surface area contributed by atoms with Gasteiger partial charge in [0.1, 0.15) is 12.1 Å². The van der Waals surface area contributed by atoms with Crippen molar-refractivity contribution >= 4 is 28.6 Å². The fourth-order valence-electron chi connectivity index (χ4n) is 4.97. The van der Waals surface area contributed by atoms with E-state index in [1.165, 1.54) is 40.8 Å². The van der Waals surface area contributed by atoms with Gasteiger partial charge in [0, 0.05) is 30.1 Å². The second kappa shape index (κ2) is 14.0. The van der Waals surface area contributed by atoms with Gasteiger partial charge in [-0.15, -0.1) is 18.3 Å². The van der Waals surface area contributed by atoms with Gasteiger partial charge >= 0.3 is 12.4 Å². The van der Waals surface area contributed by atoms with E-state index in [9.17, 15) is 18.0 Å². The van der Waals surface area contributed by atoms with Gasteiger partial charge in [0.05, 0.1) is 5.69 Å². The number of nitrogens with zero attached hydrogens (tertiary/aromatic N) is 5. The third-order valence-electron chi connectivity index (χ3n) is 7.29. The molecule has 0 saturated carbocycles. The Balaban J connectivity index is 1.10. The van der Waals surface area contributed by atoms with Crippen LogP contribution in [0.1, 0.15) is 43.7 Å². The zero-order valence-electron chi connectivity index (χ0n) is 24.4. The molecule has 1 N–H and O–H groups in total. The van der Waals surface area contributed by atoms with Gasteiger partial charge in [0.15, 0.2) is 11.0 Å². The monoisotopic (exact) mass is 622 g/mol. The first-order valence-corrected chi connectivity index (χ1v) is 15.4. The van der Waals surface area contributed by atoms with Gasteiger partial charge in [-0.3, -0.25) is 0 Å². The molecule has 1 aliphatic heterocycles. The number of para-hydroxylation sites is 1. The molecule has 1 aliphatic rings. The number of hydrogen-bond donors (Lipinski definition) is 1. The Hall–Kier alpha value is -4.32. The maximum Gasteiger partial charge on any atom is 0.573 e. The first-order chi connectivity index (χ1) is 21.2. The number of anilines is 1. The van der Waals surface area contributed by atoms with Crippen molar-refractivity contribution < 1.29 is 22.7 Å². The van der Waals surface area contributed by atoms with E-state index in [0.717, 1.165) is 53.5 Å². The minimum atomic E-state index is -4.74. The number of alkyl halides is 3. The summed E-state index contributed by atoms with van der Waals surface area (Å²) in [5.74, 6) is 1.38. The van der Waals surface area contributed by atoms with E-state index in [2.05, 4.69) is 56.0 Å². The Labute approximate surface area is 258 Å². The number of aliphatic imine (C=N–C) groups is 1. The summed E-state index contributed by atoms with van der Waals surface area (Å²) in [6.45, 7) is 5.65. The highest BCUT2D eigenvalue weighted by atomic mass is 32.2. The lowest BCUT2D eigenvalue weighted by molar-refractivity contribution is -0.274. The molecule has 5 rings (SSSR count). The van der Waals surface area contributed by atoms with Crippen LogP contribution in [0.2, 0.25) is 0 Å². The molecule has 0 spiro atoms. The standard InChI is InChI=1S/C32H33F3N6O2S/c1-3-23-8-4-5-9-28(23)40-19-20-44-31(40)38-30(42)36-18-6-7-22(2)24-10-12-25(13-11-24)29-37-21-41(39-29)26-14-16-27(17-15-26)43-32(33,34)35/h4-5,8-17,21-22H,3,6-7,18-20H2,1-2H3,(H,36,42). The topological polar surface area (TPSA) is 84.6 Å². The molecule has 44 heavy (non-hydrogen) atoms. The van der Waals surface area contributed by atoms with Crippen LogP contribution in [-0.2, 0) is 6.42 Å². The molecular weight excluding hydrogens is 589 g/mol. The predicted molar refractivity (Wildman–Crippen MR) is 168 cm³/mol. The molecule has 1 fully saturated rings. The number of rotatable bonds is 10. The van der Waals surface area contributed by atoms with Crippen molar-refractivity contribution in [3.8, 4) is 22.8 Å². The van der Waals surface area contributed by atoms with Crippen LogP contribution in [0, 0.1) is 0 Å². The zero-order valence-corrected chi connectivity index (χ0v) is 25.2. The van der Waals surface area contributed by atoms with Crippen molar-refractivity contribution in [3.05, 3.63) is 90.3 Å². The van der Waals surface area contributed by atoms with E-state index in [-0.39, 0.29) is 17.7 Å². The van der Waals surface area contributed by atoms with Crippen LogP contribution in [-0.4, -0.2) is 51.2 Å². The molecule has 1 aromatic heterocycles. The molecule has 1 unspecified atom stereocenters. The van der Waals surface area contributed by atoms with E-state index in [0.29, 0.717) is 18.1 Å². The van der Waals surface area contributed by atoms with Crippen molar-refractivity contribution in [1.29, 1.82) is 0 Å². The number of halogens is 3. The third-order valence-corrected chi connectivity index (χ3v) is 8.25. The van der Waals surface area contributed by atoms with E-state index < -0.39 is 6.36 Å². The maximum absolute atomic E-state index is 12.6. The van der Waals surface area contributed by atoms with E-state index in [4.69, 9.17) is 0 Å². The Morgan fingerprint density at radius 1 is 1.09 bits per heavy atom. The van der Waals surface area contributed by atoms with Crippen LogP contribution in [0.5, 0.6) is 5.75 Å². The van der Waals surface area contributed by atoms with Crippen LogP contribution in [0.15, 0.2) is 84.1 Å². The molecule has 1 atom stereocenters. The molecule has 2 heterocycles. The molecule has 8 nitrogen and oxygen atoms in total. The lowest BCUT2D eigenvalue weighted by Crippen LogP contribution is -2.28. The number of hydrogen-bond acceptors (Lipinski definition) is 5. The summed E-state index contributed by atoms with van der Waals surface area (Å²) >= 11 is 1.60. The van der Waals surface area contributed by atoms with E-state index in [1.807, 2.05) is 36.4 Å². The van der Waals surface area contributed by atoms with Crippen LogP contribution < -0.4 is 15.0 Å². The largest absolute Gasteiger partial charge is 0.573 e. The van der Waals surface area contributed by atoms with Crippen LogP contribution in [0.4, 0.5) is 23.7 Å². The number of urea groups is 1. The normalized spacial score (nSPS) is 15.0. The lowest BCUT2D eigenvalue weighted by Gasteiger charge is -2.20. The van der Waals surface area contributed by atoms with Crippen molar-refractivity contribution in [2.75, 3.05) is 23.7 Å². The van der Waals surface area contributed by atoms with Crippen molar-refractivity contribution in [2.45, 2.75) is 45.4 Å². The summed E-state index contributed by atoms with van der Waals surface area (Å²) in [5.41, 5.74) is 4.89. The number of ether oxygens (including phenoxy) is 1. The average molecular weight is 623 g/mol. The van der Waals surface area contributed by atoms with Crippen molar-refractivity contribution in [1.82, 2.24) is 20.1 Å². The zero-order chi connectivity index (χ0) is 31.1. The molecule has 1 saturated heterocycles. The quantitative estimate of drug-likeness (QED) is 0.184. The van der Waals surface area contributed by atoms with Gasteiger partial charge in [-0.25, -0.2) is 14.5 Å². The van der Waals surface area contributed by atoms with Crippen LogP contribution in [0.25, 0.3) is 17.1 Å². The number of aromatic nitrogens is 3. The highest BCUT2D eigenvalue weighted by molar-refractivity contribution is 8.14. The molecule has 2 amide bonds. The van der Waals surface area contributed by atoms with Gasteiger partial charge in [0.2, 0.25) is 0 Å². The average Bonchev–Trinajstić information content (AvgIpc) is 3.69. The summed E-state index contributed by atoms with van der Waals surface area (Å²) in [7, 11) is 0. The number of carbonyl (C=O) groups excluding carboxylic acids is 1. The minimum absolute atomic E-state index is 0.279. The third kappa shape index (κ3) is 7.98. The molecule has 12 heteroatoms. The van der Waals surface area contributed by atoms with Gasteiger partial charge in [-0.2, -0.15) is 4.99 Å². The summed E-state index contributed by atoms with van der Waals surface area (Å²) in [6.07, 6.45) is -0.604. The van der Waals surface area contributed by atoms with Crippen LogP contribution in [0.3, 0.4) is 0 Å². The van der Waals surface area contributed by atoms with Crippen molar-refractivity contribution in [2.24, 2.45) is 4.99 Å². The Kier molecular flexibility index (Phi) is 9.89. The Bertz CT molecular complexity index is 1590. The number of aryl methyl sites for hydroxylation is 1. The Morgan fingerprint density at radius 2 is 1.84 bits per heavy atom. The number of carbonyl (C=O) groups is 1. The highest BCUT2D eigenvalue weighted by Gasteiger charge is 2.31. The summed E-state index contributed by atoms with van der Waals surface area (Å²) < 4.78 is 42.6. The number of benzene rings is 3. The molecule has 230 valence electrons. The smallest absolute Gasteiger partial charge is 0.406 e. The molecular formula is C32H33F3N6O2S. The molecule has 0 aliphatic carbocycles. The number of amides is 2. The van der Waals surface area contributed by atoms with Crippen molar-refractivity contribution in [3.63, 3.8) is 0 Å². The lowest BCUT2D eigenvalue weighted by atomic mass is 9.95. The fraction of sp³-hybridized carbons (Fsp3) is 0.312.